The van der Waals surface area contributed by atoms with Gasteiger partial charge in [0.05, 0.1) is 10.7 Å². The summed E-state index contributed by atoms with van der Waals surface area (Å²) in [5, 5.41) is 0.692. The Kier molecular flexibility index (Phi) is 4.16. The number of nitrogens with zero attached hydrogens (tertiary/aromatic N) is 2. The Labute approximate surface area is 151 Å². The van der Waals surface area contributed by atoms with Gasteiger partial charge in [0.2, 0.25) is 0 Å². The molecule has 0 saturated carbocycles. The van der Waals surface area contributed by atoms with Gasteiger partial charge in [-0.2, -0.15) is 0 Å². The van der Waals surface area contributed by atoms with Crippen LogP contribution in [0.3, 0.4) is 0 Å². The van der Waals surface area contributed by atoms with Crippen LogP contribution in [0.2, 0.25) is 5.02 Å². The molecule has 124 valence electrons. The third-order valence-electron chi connectivity index (χ3n) is 4.12. The van der Waals surface area contributed by atoms with Crippen molar-refractivity contribution in [3.8, 4) is 17.0 Å². The van der Waals surface area contributed by atoms with Gasteiger partial charge in [0.1, 0.15) is 18.0 Å². The Balaban J connectivity index is 1.58. The van der Waals surface area contributed by atoms with Crippen LogP contribution in [0, 0.1) is 6.92 Å². The van der Waals surface area contributed by atoms with Crippen LogP contribution in [-0.4, -0.2) is 9.38 Å². The molecule has 2 aromatic carbocycles. The highest BCUT2D eigenvalue weighted by Gasteiger charge is 2.08. The smallest absolute Gasteiger partial charge is 0.137 e. The number of hydrogen-bond acceptors (Lipinski definition) is 2. The molecule has 0 fully saturated rings. The molecule has 0 aliphatic heterocycles. The predicted molar refractivity (Wildman–Crippen MR) is 101 cm³/mol. The minimum Gasteiger partial charge on any atom is -0.489 e. The van der Waals surface area contributed by atoms with Gasteiger partial charge < -0.3 is 9.14 Å². The van der Waals surface area contributed by atoms with Gasteiger partial charge in [0, 0.05) is 18.0 Å². The van der Waals surface area contributed by atoms with E-state index >= 15 is 0 Å². The van der Waals surface area contributed by atoms with E-state index in [0.29, 0.717) is 11.6 Å². The van der Waals surface area contributed by atoms with E-state index < -0.39 is 0 Å². The molecule has 2 heterocycles. The second kappa shape index (κ2) is 6.61. The van der Waals surface area contributed by atoms with Crippen molar-refractivity contribution >= 4 is 17.2 Å². The summed E-state index contributed by atoms with van der Waals surface area (Å²) in [6, 6.07) is 20.1. The summed E-state index contributed by atoms with van der Waals surface area (Å²) in [7, 11) is 0. The topological polar surface area (TPSA) is 26.5 Å². The Morgan fingerprint density at radius 3 is 2.64 bits per heavy atom. The number of rotatable bonds is 4. The molecule has 0 atom stereocenters. The van der Waals surface area contributed by atoms with Gasteiger partial charge in [-0.25, -0.2) is 4.98 Å². The molecule has 0 bridgehead atoms. The van der Waals surface area contributed by atoms with Crippen LogP contribution < -0.4 is 4.74 Å². The Morgan fingerprint density at radius 1 is 1.00 bits per heavy atom. The second-order valence-corrected chi connectivity index (χ2v) is 6.43. The summed E-state index contributed by atoms with van der Waals surface area (Å²) < 4.78 is 7.88. The van der Waals surface area contributed by atoms with Gasteiger partial charge in [0.15, 0.2) is 0 Å². The van der Waals surface area contributed by atoms with E-state index in [9.17, 15) is 0 Å². The van der Waals surface area contributed by atoms with Crippen molar-refractivity contribution in [1.29, 1.82) is 0 Å². The molecule has 4 rings (SSSR count). The molecule has 0 spiro atoms. The van der Waals surface area contributed by atoms with E-state index in [1.807, 2.05) is 59.3 Å². The first-order valence-corrected chi connectivity index (χ1v) is 8.49. The van der Waals surface area contributed by atoms with Gasteiger partial charge in [-0.1, -0.05) is 41.9 Å². The molecule has 0 amide bonds. The molecule has 4 heteroatoms. The first-order chi connectivity index (χ1) is 12.2. The maximum Gasteiger partial charge on any atom is 0.137 e. The molecule has 0 saturated heterocycles. The molecule has 0 aliphatic rings. The number of fused-ring (bicyclic) bond motifs is 1. The summed E-state index contributed by atoms with van der Waals surface area (Å²) in [6.45, 7) is 2.62. The maximum atomic E-state index is 6.04. The molecule has 0 aliphatic carbocycles. The highest BCUT2D eigenvalue weighted by Crippen LogP contribution is 2.27. The van der Waals surface area contributed by atoms with Crippen LogP contribution in [0.5, 0.6) is 5.75 Å². The number of hydrogen-bond donors (Lipinski definition) is 0. The molecular formula is C21H17ClN2O. The monoisotopic (exact) mass is 348 g/mol. The van der Waals surface area contributed by atoms with E-state index in [0.717, 1.165) is 33.8 Å². The van der Waals surface area contributed by atoms with Crippen LogP contribution >= 0.6 is 11.6 Å². The zero-order chi connectivity index (χ0) is 17.2. The molecule has 2 aromatic heterocycles. The van der Waals surface area contributed by atoms with E-state index in [2.05, 4.69) is 30.1 Å². The highest BCUT2D eigenvalue weighted by molar-refractivity contribution is 6.30. The Bertz CT molecular complexity index is 1020. The number of aromatic nitrogens is 2. The van der Waals surface area contributed by atoms with E-state index in [1.54, 1.807) is 0 Å². The van der Waals surface area contributed by atoms with Crippen molar-refractivity contribution in [2.75, 3.05) is 0 Å². The van der Waals surface area contributed by atoms with Crippen molar-refractivity contribution in [3.63, 3.8) is 0 Å². The zero-order valence-electron chi connectivity index (χ0n) is 13.8. The molecule has 0 unspecified atom stereocenters. The van der Waals surface area contributed by atoms with E-state index in [4.69, 9.17) is 16.3 Å². The van der Waals surface area contributed by atoms with E-state index in [1.165, 1.54) is 0 Å². The van der Waals surface area contributed by atoms with Crippen molar-refractivity contribution < 1.29 is 4.74 Å². The van der Waals surface area contributed by atoms with Gasteiger partial charge in [-0.05, 0) is 48.4 Å². The SMILES string of the molecule is Cc1cc(-c2cn3cc(Cl)ccc3n2)ccc1OCc1ccccc1. The molecule has 3 nitrogen and oxygen atoms in total. The van der Waals surface area contributed by atoms with Crippen molar-refractivity contribution in [1.82, 2.24) is 9.38 Å². The average Bonchev–Trinajstić information content (AvgIpc) is 3.04. The second-order valence-electron chi connectivity index (χ2n) is 5.99. The number of halogens is 1. The lowest BCUT2D eigenvalue weighted by atomic mass is 10.1. The standard InChI is InChI=1S/C21H17ClN2O/c1-15-11-17(19-13-24-12-18(22)8-10-21(24)23-19)7-9-20(15)25-14-16-5-3-2-4-6-16/h2-13H,14H2,1H3. The van der Waals surface area contributed by atoms with Crippen LogP contribution in [0.1, 0.15) is 11.1 Å². The van der Waals surface area contributed by atoms with Gasteiger partial charge in [-0.15, -0.1) is 0 Å². The minimum atomic E-state index is 0.563. The number of aryl methyl sites for hydroxylation is 1. The summed E-state index contributed by atoms with van der Waals surface area (Å²) >= 11 is 6.04. The fourth-order valence-corrected chi connectivity index (χ4v) is 2.98. The van der Waals surface area contributed by atoms with Gasteiger partial charge in [0.25, 0.3) is 0 Å². The number of imidazole rings is 1. The number of benzene rings is 2. The molecule has 25 heavy (non-hydrogen) atoms. The average molecular weight is 349 g/mol. The first-order valence-electron chi connectivity index (χ1n) is 8.11. The Morgan fingerprint density at radius 2 is 1.84 bits per heavy atom. The summed E-state index contributed by atoms with van der Waals surface area (Å²) in [4.78, 5) is 4.65. The summed E-state index contributed by atoms with van der Waals surface area (Å²) in [5.74, 6) is 0.888. The number of ether oxygens (including phenoxy) is 1. The minimum absolute atomic E-state index is 0.563. The number of pyridine rings is 1. The largest absolute Gasteiger partial charge is 0.489 e. The maximum absolute atomic E-state index is 6.04. The summed E-state index contributed by atoms with van der Waals surface area (Å²) in [5.41, 5.74) is 5.09. The predicted octanol–water partition coefficient (Wildman–Crippen LogP) is 5.54. The third-order valence-corrected chi connectivity index (χ3v) is 4.35. The molecule has 0 radical (unpaired) electrons. The van der Waals surface area contributed by atoms with Gasteiger partial charge in [-0.3, -0.25) is 0 Å². The lowest BCUT2D eigenvalue weighted by Gasteiger charge is -2.10. The summed E-state index contributed by atoms with van der Waals surface area (Å²) in [6.07, 6.45) is 3.85. The van der Waals surface area contributed by atoms with Crippen molar-refractivity contribution in [2.24, 2.45) is 0 Å². The Hall–Kier alpha value is -2.78. The van der Waals surface area contributed by atoms with Crippen molar-refractivity contribution in [3.05, 3.63) is 89.2 Å². The molecular weight excluding hydrogens is 332 g/mol. The van der Waals surface area contributed by atoms with Crippen molar-refractivity contribution in [2.45, 2.75) is 13.5 Å². The fraction of sp³-hybridized carbons (Fsp3) is 0.0952. The van der Waals surface area contributed by atoms with E-state index in [-0.39, 0.29) is 0 Å². The van der Waals surface area contributed by atoms with Crippen LogP contribution in [0.4, 0.5) is 0 Å². The molecule has 0 N–H and O–H groups in total. The van der Waals surface area contributed by atoms with Gasteiger partial charge >= 0.3 is 0 Å². The van der Waals surface area contributed by atoms with Crippen LogP contribution in [-0.2, 0) is 6.61 Å². The fourth-order valence-electron chi connectivity index (χ4n) is 2.81. The third kappa shape index (κ3) is 3.37. The lowest BCUT2D eigenvalue weighted by molar-refractivity contribution is 0.304. The highest BCUT2D eigenvalue weighted by atomic mass is 35.5. The van der Waals surface area contributed by atoms with Crippen LogP contribution in [0.25, 0.3) is 16.9 Å². The lowest BCUT2D eigenvalue weighted by Crippen LogP contribution is -1.96. The first kappa shape index (κ1) is 15.7. The normalized spacial score (nSPS) is 11.0. The molecule has 4 aromatic rings. The zero-order valence-corrected chi connectivity index (χ0v) is 14.6. The quantitative estimate of drug-likeness (QED) is 0.484. The van der Waals surface area contributed by atoms with Crippen LogP contribution in [0.15, 0.2) is 73.1 Å².